The number of carbonyl (C=O) groups is 3. The van der Waals surface area contributed by atoms with E-state index in [1.807, 2.05) is 43.3 Å². The average Bonchev–Trinajstić information content (AvgIpc) is 3.30. The highest BCUT2D eigenvalue weighted by Crippen LogP contribution is 2.16. The number of aromatic nitrogens is 1. The van der Waals surface area contributed by atoms with Crippen molar-refractivity contribution in [3.8, 4) is 5.75 Å². The predicted octanol–water partition coefficient (Wildman–Crippen LogP) is 3.90. The number of carbonyl (C=O) groups excluding carboxylic acids is 3. The monoisotopic (exact) mass is 493 g/mol. The Balaban J connectivity index is 1.42. The first-order chi connectivity index (χ1) is 16.8. The van der Waals surface area contributed by atoms with Crippen molar-refractivity contribution in [2.45, 2.75) is 32.9 Å². The van der Waals surface area contributed by atoms with Crippen LogP contribution >= 0.6 is 11.3 Å². The molecule has 0 saturated carbocycles. The van der Waals surface area contributed by atoms with Crippen molar-refractivity contribution in [3.05, 3.63) is 81.8 Å². The predicted molar refractivity (Wildman–Crippen MR) is 135 cm³/mol. The Morgan fingerprint density at radius 3 is 2.57 bits per heavy atom. The second-order valence-electron chi connectivity index (χ2n) is 7.72. The number of methoxy groups -OCH3 is 1. The number of ether oxygens (including phenoxy) is 2. The van der Waals surface area contributed by atoms with E-state index >= 15 is 0 Å². The van der Waals surface area contributed by atoms with Crippen molar-refractivity contribution in [3.63, 3.8) is 0 Å². The maximum Gasteiger partial charge on any atom is 0.328 e. The number of benzene rings is 2. The van der Waals surface area contributed by atoms with Crippen LogP contribution in [0.2, 0.25) is 0 Å². The highest BCUT2D eigenvalue weighted by Gasteiger charge is 2.17. The van der Waals surface area contributed by atoms with E-state index in [2.05, 4.69) is 15.6 Å². The number of amides is 2. The van der Waals surface area contributed by atoms with Gasteiger partial charge >= 0.3 is 5.97 Å². The van der Waals surface area contributed by atoms with Gasteiger partial charge in [0.05, 0.1) is 19.2 Å². The second-order valence-corrected chi connectivity index (χ2v) is 8.66. The fraction of sp³-hybridized carbons (Fsp3) is 0.231. The molecule has 0 aliphatic carbocycles. The van der Waals surface area contributed by atoms with Crippen LogP contribution in [0.15, 0.2) is 60.0 Å². The number of hydrogen-bond donors (Lipinski definition) is 2. The van der Waals surface area contributed by atoms with Crippen LogP contribution < -0.4 is 15.4 Å². The molecule has 2 aromatic carbocycles. The van der Waals surface area contributed by atoms with Crippen LogP contribution in [0.4, 0.5) is 5.69 Å². The van der Waals surface area contributed by atoms with Crippen molar-refractivity contribution in [1.29, 1.82) is 0 Å². The molecule has 1 heterocycles. The standard InChI is InChI=1S/C26H27N3O5S/c1-17-6-4-5-7-22(17)29-24(31)14-25-28-20(16-35-25)15-34-26(32)18(2)27-23(30)13-10-19-8-11-21(33-3)12-9-19/h4-13,16,18H,14-15H2,1-3H3,(H,27,30)(H,29,31). The molecule has 1 unspecified atom stereocenters. The number of aryl methyl sites for hydroxylation is 1. The smallest absolute Gasteiger partial charge is 0.328 e. The van der Waals surface area contributed by atoms with E-state index in [0.717, 1.165) is 22.6 Å². The second kappa shape index (κ2) is 12.5. The van der Waals surface area contributed by atoms with E-state index in [1.54, 1.807) is 37.6 Å². The van der Waals surface area contributed by atoms with E-state index in [0.29, 0.717) is 10.7 Å². The quantitative estimate of drug-likeness (QED) is 0.328. The van der Waals surface area contributed by atoms with E-state index in [4.69, 9.17) is 9.47 Å². The van der Waals surface area contributed by atoms with Gasteiger partial charge in [-0.1, -0.05) is 30.3 Å². The first kappa shape index (κ1) is 25.6. The molecule has 2 N–H and O–H groups in total. The summed E-state index contributed by atoms with van der Waals surface area (Å²) in [5.74, 6) is -0.444. The topological polar surface area (TPSA) is 107 Å². The van der Waals surface area contributed by atoms with Gasteiger partial charge < -0.3 is 20.1 Å². The van der Waals surface area contributed by atoms with Crippen molar-refractivity contribution in [1.82, 2.24) is 10.3 Å². The lowest BCUT2D eigenvalue weighted by molar-refractivity contribution is -0.148. The molecular weight excluding hydrogens is 466 g/mol. The zero-order valence-electron chi connectivity index (χ0n) is 19.7. The number of nitrogens with one attached hydrogen (secondary N) is 2. The van der Waals surface area contributed by atoms with Crippen molar-refractivity contribution in [2.24, 2.45) is 0 Å². The first-order valence-corrected chi connectivity index (χ1v) is 11.8. The van der Waals surface area contributed by atoms with Gasteiger partial charge in [0.25, 0.3) is 0 Å². The molecule has 8 nitrogen and oxygen atoms in total. The Kier molecular flexibility index (Phi) is 9.14. The molecule has 1 aromatic heterocycles. The van der Waals surface area contributed by atoms with E-state index in [1.165, 1.54) is 17.4 Å². The summed E-state index contributed by atoms with van der Waals surface area (Å²) in [6.07, 6.45) is 3.11. The molecule has 1 atom stereocenters. The fourth-order valence-electron chi connectivity index (χ4n) is 3.02. The van der Waals surface area contributed by atoms with Gasteiger partial charge in [0, 0.05) is 17.1 Å². The Morgan fingerprint density at radius 2 is 1.86 bits per heavy atom. The molecule has 0 saturated heterocycles. The Hall–Kier alpha value is -3.98. The van der Waals surface area contributed by atoms with Crippen LogP contribution in [0.1, 0.15) is 28.8 Å². The number of para-hydroxylation sites is 1. The highest BCUT2D eigenvalue weighted by molar-refractivity contribution is 7.09. The van der Waals surface area contributed by atoms with Gasteiger partial charge in [-0.25, -0.2) is 9.78 Å². The summed E-state index contributed by atoms with van der Waals surface area (Å²) in [6, 6.07) is 13.9. The lowest BCUT2D eigenvalue weighted by atomic mass is 10.2. The van der Waals surface area contributed by atoms with Crippen molar-refractivity contribution >= 4 is 40.9 Å². The molecule has 0 aliphatic rings. The van der Waals surface area contributed by atoms with Crippen LogP contribution in [0, 0.1) is 6.92 Å². The Bertz CT molecular complexity index is 1200. The molecule has 0 aliphatic heterocycles. The van der Waals surface area contributed by atoms with E-state index < -0.39 is 17.9 Å². The third kappa shape index (κ3) is 8.08. The van der Waals surface area contributed by atoms with Gasteiger partial charge in [0.1, 0.15) is 23.4 Å². The Labute approximate surface area is 208 Å². The first-order valence-electron chi connectivity index (χ1n) is 10.9. The van der Waals surface area contributed by atoms with Crippen molar-refractivity contribution in [2.75, 3.05) is 12.4 Å². The number of nitrogens with zero attached hydrogens (tertiary/aromatic N) is 1. The zero-order chi connectivity index (χ0) is 25.2. The average molecular weight is 494 g/mol. The minimum absolute atomic E-state index is 0.0450. The molecule has 2 amide bonds. The molecule has 3 rings (SSSR count). The highest BCUT2D eigenvalue weighted by atomic mass is 32.1. The molecule has 182 valence electrons. The van der Waals surface area contributed by atoms with Gasteiger partial charge in [0.15, 0.2) is 0 Å². The van der Waals surface area contributed by atoms with Crippen LogP contribution in [-0.2, 0) is 32.1 Å². The minimum atomic E-state index is -0.832. The number of hydrogen-bond acceptors (Lipinski definition) is 7. The SMILES string of the molecule is COc1ccc(C=CC(=O)NC(C)C(=O)OCc2csc(CC(=O)Nc3ccccc3C)n2)cc1. The summed E-state index contributed by atoms with van der Waals surface area (Å²) in [5.41, 5.74) is 3.10. The molecule has 9 heteroatoms. The lowest BCUT2D eigenvalue weighted by Crippen LogP contribution is -2.38. The normalized spacial score (nSPS) is 11.6. The van der Waals surface area contributed by atoms with Gasteiger partial charge in [-0.2, -0.15) is 0 Å². The molecule has 0 bridgehead atoms. The largest absolute Gasteiger partial charge is 0.497 e. The zero-order valence-corrected chi connectivity index (χ0v) is 20.6. The maximum atomic E-state index is 12.3. The molecule has 3 aromatic rings. The van der Waals surface area contributed by atoms with Crippen LogP contribution in [0.3, 0.4) is 0 Å². The summed E-state index contributed by atoms with van der Waals surface area (Å²) < 4.78 is 10.4. The number of esters is 1. The van der Waals surface area contributed by atoms with Crippen molar-refractivity contribution < 1.29 is 23.9 Å². The number of anilines is 1. The summed E-state index contributed by atoms with van der Waals surface area (Å²) >= 11 is 1.32. The molecule has 0 spiro atoms. The minimum Gasteiger partial charge on any atom is -0.497 e. The van der Waals surface area contributed by atoms with Crippen LogP contribution in [0.5, 0.6) is 5.75 Å². The van der Waals surface area contributed by atoms with Gasteiger partial charge in [-0.05, 0) is 49.2 Å². The Morgan fingerprint density at radius 1 is 1.11 bits per heavy atom. The lowest BCUT2D eigenvalue weighted by Gasteiger charge is -2.11. The molecule has 35 heavy (non-hydrogen) atoms. The summed E-state index contributed by atoms with van der Waals surface area (Å²) in [5, 5.41) is 7.80. The van der Waals surface area contributed by atoms with Gasteiger partial charge in [-0.3, -0.25) is 9.59 Å². The molecule has 0 fully saturated rings. The molecule has 0 radical (unpaired) electrons. The van der Waals surface area contributed by atoms with Gasteiger partial charge in [-0.15, -0.1) is 11.3 Å². The van der Waals surface area contributed by atoms with Crippen LogP contribution in [-0.4, -0.2) is 35.9 Å². The summed E-state index contributed by atoms with van der Waals surface area (Å²) in [6.45, 7) is 3.42. The summed E-state index contributed by atoms with van der Waals surface area (Å²) in [4.78, 5) is 41.0. The fourth-order valence-corrected chi connectivity index (χ4v) is 3.80. The van der Waals surface area contributed by atoms with Crippen LogP contribution in [0.25, 0.3) is 6.08 Å². The third-order valence-corrected chi connectivity index (χ3v) is 5.85. The number of thiazole rings is 1. The summed E-state index contributed by atoms with van der Waals surface area (Å²) in [7, 11) is 1.58. The maximum absolute atomic E-state index is 12.3. The van der Waals surface area contributed by atoms with E-state index in [9.17, 15) is 14.4 Å². The number of rotatable bonds is 10. The van der Waals surface area contributed by atoms with E-state index in [-0.39, 0.29) is 18.9 Å². The third-order valence-electron chi connectivity index (χ3n) is 4.95. The van der Waals surface area contributed by atoms with Gasteiger partial charge in [0.2, 0.25) is 11.8 Å². The molecular formula is C26H27N3O5S.